The molecule has 1 saturated carbocycles. The average Bonchev–Trinajstić information content (AvgIpc) is 3.55. The Kier molecular flexibility index (Phi) is 11.1. The Hall–Kier alpha value is -3.63. The van der Waals surface area contributed by atoms with Crippen molar-refractivity contribution >= 4 is 18.1 Å². The van der Waals surface area contributed by atoms with Gasteiger partial charge in [0.05, 0.1) is 25.8 Å². The average molecular weight is 676 g/mol. The van der Waals surface area contributed by atoms with Gasteiger partial charge in [-0.1, -0.05) is 60.7 Å². The molecule has 266 valence electrons. The largest absolute Gasteiger partial charge is 0.445 e. The maximum atomic E-state index is 14.0. The van der Waals surface area contributed by atoms with E-state index in [1.807, 2.05) is 91.2 Å². The van der Waals surface area contributed by atoms with Crippen molar-refractivity contribution in [2.45, 2.75) is 96.2 Å². The summed E-state index contributed by atoms with van der Waals surface area (Å²) in [6.07, 6.45) is 5.77. The summed E-state index contributed by atoms with van der Waals surface area (Å²) in [6, 6.07) is 19.1. The minimum Gasteiger partial charge on any atom is -0.445 e. The Morgan fingerprint density at radius 1 is 0.837 bits per heavy atom. The van der Waals surface area contributed by atoms with E-state index in [0.717, 1.165) is 62.7 Å². The molecule has 1 unspecified atom stereocenters. The van der Waals surface area contributed by atoms with Gasteiger partial charge in [0.1, 0.15) is 24.4 Å². The second-order valence-corrected chi connectivity index (χ2v) is 15.4. The maximum Gasteiger partial charge on any atom is 0.411 e. The molecule has 3 aliphatic heterocycles. The van der Waals surface area contributed by atoms with Gasteiger partial charge in [-0.05, 0) is 81.8 Å². The molecule has 49 heavy (non-hydrogen) atoms. The van der Waals surface area contributed by atoms with Crippen molar-refractivity contribution in [1.82, 2.24) is 14.7 Å². The quantitative estimate of drug-likeness (QED) is 0.327. The molecule has 0 radical (unpaired) electrons. The van der Waals surface area contributed by atoms with Crippen LogP contribution in [0.15, 0.2) is 60.7 Å². The van der Waals surface area contributed by atoms with Crippen LogP contribution in [0.25, 0.3) is 0 Å². The van der Waals surface area contributed by atoms with E-state index in [4.69, 9.17) is 18.9 Å². The van der Waals surface area contributed by atoms with E-state index in [1.165, 1.54) is 0 Å². The Bertz CT molecular complexity index is 1400. The molecule has 3 saturated heterocycles. The normalized spacial score (nSPS) is 24.6. The first kappa shape index (κ1) is 35.2. The number of amides is 3. The van der Waals surface area contributed by atoms with Crippen LogP contribution in [0.1, 0.15) is 82.9 Å². The van der Waals surface area contributed by atoms with Crippen molar-refractivity contribution in [3.8, 4) is 0 Å². The molecule has 10 heteroatoms. The summed E-state index contributed by atoms with van der Waals surface area (Å²) in [7, 11) is 0. The number of piperidine rings is 1. The zero-order valence-electron chi connectivity index (χ0n) is 29.4. The van der Waals surface area contributed by atoms with Crippen LogP contribution >= 0.6 is 0 Å². The molecule has 0 aromatic heterocycles. The molecular formula is C39H53N3O7. The summed E-state index contributed by atoms with van der Waals surface area (Å²) in [5.41, 5.74) is 1.65. The van der Waals surface area contributed by atoms with Crippen LogP contribution in [-0.2, 0) is 30.3 Å². The number of rotatable bonds is 7. The third kappa shape index (κ3) is 9.14. The standard InChI is InChI=1S/C39H53N3O7/c1-38(2,3)49-37(45)42-25-32(24-33(42)35(43)41-22-23-46-34(26-41)31-12-8-5-9-13-31)47-27-30-14-16-39(17-15-30)18-20-40(21-19-39)36(44)48-28-29-10-6-4-7-11-29/h4-13,30,32-34H,14-28H2,1-3H3/t32-,33?,34-/m0/s1. The van der Waals surface area contributed by atoms with Gasteiger partial charge in [-0.3, -0.25) is 9.69 Å². The number of hydrogen-bond acceptors (Lipinski definition) is 7. The van der Waals surface area contributed by atoms with E-state index in [9.17, 15) is 14.4 Å². The van der Waals surface area contributed by atoms with Crippen molar-refractivity contribution in [3.63, 3.8) is 0 Å². The van der Waals surface area contributed by atoms with E-state index in [-0.39, 0.29) is 29.6 Å². The van der Waals surface area contributed by atoms with Crippen LogP contribution in [0.4, 0.5) is 9.59 Å². The molecule has 3 heterocycles. The van der Waals surface area contributed by atoms with E-state index in [1.54, 1.807) is 4.90 Å². The molecule has 2 aromatic rings. The fraction of sp³-hybridized carbons (Fsp3) is 0.615. The minimum atomic E-state index is -0.669. The minimum absolute atomic E-state index is 0.0731. The van der Waals surface area contributed by atoms with Gasteiger partial charge in [0.2, 0.25) is 5.91 Å². The maximum absolute atomic E-state index is 14.0. The second kappa shape index (κ2) is 15.5. The molecule has 0 N–H and O–H groups in total. The van der Waals surface area contributed by atoms with Gasteiger partial charge in [-0.2, -0.15) is 0 Å². The number of hydrogen-bond donors (Lipinski definition) is 0. The van der Waals surface area contributed by atoms with Crippen LogP contribution < -0.4 is 0 Å². The predicted octanol–water partition coefficient (Wildman–Crippen LogP) is 6.59. The highest BCUT2D eigenvalue weighted by atomic mass is 16.6. The van der Waals surface area contributed by atoms with Crippen LogP contribution in [-0.4, -0.2) is 96.5 Å². The molecule has 4 fully saturated rings. The first-order chi connectivity index (χ1) is 23.6. The molecule has 10 nitrogen and oxygen atoms in total. The van der Waals surface area contributed by atoms with E-state index in [0.29, 0.717) is 51.8 Å². The van der Waals surface area contributed by atoms with Gasteiger partial charge in [-0.25, -0.2) is 9.59 Å². The van der Waals surface area contributed by atoms with E-state index < -0.39 is 17.7 Å². The fourth-order valence-electron chi connectivity index (χ4n) is 7.81. The molecule has 3 atom stereocenters. The lowest BCUT2D eigenvalue weighted by atomic mass is 9.65. The van der Waals surface area contributed by atoms with Crippen molar-refractivity contribution in [1.29, 1.82) is 0 Å². The number of ether oxygens (including phenoxy) is 4. The SMILES string of the molecule is CC(C)(C)OC(=O)N1C[C@@H](OCC2CCC3(CC2)CCN(C(=O)OCc2ccccc2)CC3)CC1C(=O)N1CCO[C@H](c2ccccc2)C1. The number of likely N-dealkylation sites (tertiary alicyclic amines) is 2. The number of carbonyl (C=O) groups is 3. The molecule has 4 aliphatic rings. The van der Waals surface area contributed by atoms with Crippen molar-refractivity contribution < 1.29 is 33.3 Å². The second-order valence-electron chi connectivity index (χ2n) is 15.4. The molecule has 2 aromatic carbocycles. The zero-order valence-corrected chi connectivity index (χ0v) is 29.4. The number of benzene rings is 2. The molecule has 1 aliphatic carbocycles. The summed E-state index contributed by atoms with van der Waals surface area (Å²) in [5.74, 6) is 0.367. The van der Waals surface area contributed by atoms with Crippen molar-refractivity contribution in [2.24, 2.45) is 11.3 Å². The van der Waals surface area contributed by atoms with Gasteiger partial charge in [0.15, 0.2) is 0 Å². The van der Waals surface area contributed by atoms with Crippen LogP contribution in [0.5, 0.6) is 0 Å². The van der Waals surface area contributed by atoms with E-state index >= 15 is 0 Å². The number of morpholine rings is 1. The third-order valence-electron chi connectivity index (χ3n) is 10.7. The predicted molar refractivity (Wildman–Crippen MR) is 185 cm³/mol. The van der Waals surface area contributed by atoms with Crippen LogP contribution in [0.3, 0.4) is 0 Å². The molecule has 1 spiro atoms. The molecule has 6 rings (SSSR count). The lowest BCUT2D eigenvalue weighted by Gasteiger charge is -2.45. The zero-order chi connectivity index (χ0) is 34.4. The molecule has 3 amide bonds. The Morgan fingerprint density at radius 3 is 2.18 bits per heavy atom. The van der Waals surface area contributed by atoms with Gasteiger partial charge in [0, 0.05) is 32.7 Å². The fourth-order valence-corrected chi connectivity index (χ4v) is 7.81. The Morgan fingerprint density at radius 2 is 1.51 bits per heavy atom. The van der Waals surface area contributed by atoms with E-state index in [2.05, 4.69) is 0 Å². The summed E-state index contributed by atoms with van der Waals surface area (Å²) < 4.78 is 23.8. The summed E-state index contributed by atoms with van der Waals surface area (Å²) in [5, 5.41) is 0. The highest BCUT2D eigenvalue weighted by Gasteiger charge is 2.45. The Balaban J connectivity index is 0.983. The number of nitrogens with zero attached hydrogens (tertiary/aromatic N) is 3. The van der Waals surface area contributed by atoms with Crippen molar-refractivity contribution in [3.05, 3.63) is 71.8 Å². The van der Waals surface area contributed by atoms with Gasteiger partial charge in [0.25, 0.3) is 0 Å². The number of carbonyl (C=O) groups excluding carboxylic acids is 3. The lowest BCUT2D eigenvalue weighted by Crippen LogP contribution is -2.52. The topological polar surface area (TPSA) is 97.8 Å². The van der Waals surface area contributed by atoms with Gasteiger partial charge >= 0.3 is 12.2 Å². The molecule has 0 bridgehead atoms. The first-order valence-corrected chi connectivity index (χ1v) is 18.1. The first-order valence-electron chi connectivity index (χ1n) is 18.1. The highest BCUT2D eigenvalue weighted by molar-refractivity contribution is 5.86. The molecular weight excluding hydrogens is 622 g/mol. The van der Waals surface area contributed by atoms with Crippen LogP contribution in [0, 0.1) is 11.3 Å². The summed E-state index contributed by atoms with van der Waals surface area (Å²) in [6.45, 7) is 9.65. The monoisotopic (exact) mass is 675 g/mol. The van der Waals surface area contributed by atoms with Crippen LogP contribution in [0.2, 0.25) is 0 Å². The van der Waals surface area contributed by atoms with Crippen molar-refractivity contribution in [2.75, 3.05) is 45.9 Å². The highest BCUT2D eigenvalue weighted by Crippen LogP contribution is 2.46. The Labute approximate surface area is 291 Å². The summed E-state index contributed by atoms with van der Waals surface area (Å²) >= 11 is 0. The third-order valence-corrected chi connectivity index (χ3v) is 10.7. The smallest absolute Gasteiger partial charge is 0.411 e. The summed E-state index contributed by atoms with van der Waals surface area (Å²) in [4.78, 5) is 45.3. The lowest BCUT2D eigenvalue weighted by molar-refractivity contribution is -0.143. The van der Waals surface area contributed by atoms with Gasteiger partial charge in [-0.15, -0.1) is 0 Å². The van der Waals surface area contributed by atoms with Gasteiger partial charge < -0.3 is 28.7 Å².